The van der Waals surface area contributed by atoms with Crippen molar-refractivity contribution in [1.82, 2.24) is 0 Å². The number of rotatable bonds is 4. The van der Waals surface area contributed by atoms with Gasteiger partial charge in [0.25, 0.3) is 0 Å². The van der Waals surface area contributed by atoms with E-state index < -0.39 is 0 Å². The average molecular weight is 229 g/mol. The van der Waals surface area contributed by atoms with Crippen LogP contribution in [0.2, 0.25) is 5.02 Å². The molecule has 0 unspecified atom stereocenters. The lowest BCUT2D eigenvalue weighted by Crippen LogP contribution is -2.27. The van der Waals surface area contributed by atoms with Crippen LogP contribution >= 0.6 is 11.6 Å². The molecule has 1 aromatic rings. The fraction of sp³-hybridized carbons (Fsp3) is 0.455. The molecule has 0 fully saturated rings. The Balaban J connectivity index is 2.66. The summed E-state index contributed by atoms with van der Waals surface area (Å²) >= 11 is 5.79. The Morgan fingerprint density at radius 2 is 2.13 bits per heavy atom. The van der Waals surface area contributed by atoms with E-state index in [0.717, 1.165) is 5.69 Å². The van der Waals surface area contributed by atoms with E-state index in [1.807, 2.05) is 19.9 Å². The summed E-state index contributed by atoms with van der Waals surface area (Å²) in [5, 5.41) is 12.9. The molecule has 1 rings (SSSR count). The first-order chi connectivity index (χ1) is 6.94. The molecule has 0 saturated carbocycles. The van der Waals surface area contributed by atoms with Gasteiger partial charge in [0, 0.05) is 23.6 Å². The monoisotopic (exact) mass is 228 g/mol. The lowest BCUT2D eigenvalue weighted by Gasteiger charge is -2.23. The summed E-state index contributed by atoms with van der Waals surface area (Å²) in [5.41, 5.74) is 7.09. The summed E-state index contributed by atoms with van der Waals surface area (Å²) in [6.07, 6.45) is 0. The molecule has 4 heteroatoms. The van der Waals surface area contributed by atoms with E-state index in [-0.39, 0.29) is 12.0 Å². The van der Waals surface area contributed by atoms with Gasteiger partial charge in [0.15, 0.2) is 0 Å². The highest BCUT2D eigenvalue weighted by atomic mass is 35.5. The van der Waals surface area contributed by atoms with Crippen molar-refractivity contribution in [3.63, 3.8) is 0 Å². The van der Waals surface area contributed by atoms with Crippen LogP contribution in [0.4, 0.5) is 11.4 Å². The summed E-state index contributed by atoms with van der Waals surface area (Å²) in [7, 11) is 0. The minimum atomic E-state index is -0.161. The molecular weight excluding hydrogens is 212 g/mol. The molecule has 0 spiro atoms. The first-order valence-corrected chi connectivity index (χ1v) is 5.22. The number of benzene rings is 1. The average Bonchev–Trinajstić information content (AvgIpc) is 2.16. The van der Waals surface area contributed by atoms with Crippen LogP contribution < -0.4 is 11.1 Å². The van der Waals surface area contributed by atoms with Gasteiger partial charge in [-0.1, -0.05) is 25.4 Å². The zero-order chi connectivity index (χ0) is 11.5. The fourth-order valence-electron chi connectivity index (χ4n) is 1.08. The molecule has 3 nitrogen and oxygen atoms in total. The number of anilines is 2. The number of aliphatic hydroxyl groups is 1. The smallest absolute Gasteiger partial charge is 0.0575 e. The standard InChI is InChI=1S/C11H17ClN2O/c1-11(2,7-15)6-14-10-4-3-8(12)5-9(10)13/h3-5,14-15H,6-7,13H2,1-2H3. The Bertz CT molecular complexity index is 339. The zero-order valence-electron chi connectivity index (χ0n) is 9.05. The van der Waals surface area contributed by atoms with Crippen molar-refractivity contribution in [2.75, 3.05) is 24.2 Å². The highest BCUT2D eigenvalue weighted by Gasteiger charge is 2.16. The third-order valence-electron chi connectivity index (χ3n) is 2.20. The molecule has 0 aliphatic carbocycles. The van der Waals surface area contributed by atoms with Gasteiger partial charge in [-0.3, -0.25) is 0 Å². The second-order valence-electron chi connectivity index (χ2n) is 4.41. The molecule has 0 radical (unpaired) electrons. The molecule has 0 heterocycles. The Morgan fingerprint density at radius 3 is 2.67 bits per heavy atom. The van der Waals surface area contributed by atoms with Crippen LogP contribution in [0.1, 0.15) is 13.8 Å². The van der Waals surface area contributed by atoms with E-state index >= 15 is 0 Å². The molecule has 0 saturated heterocycles. The van der Waals surface area contributed by atoms with Crippen LogP contribution in [0.5, 0.6) is 0 Å². The van der Waals surface area contributed by atoms with Crippen molar-refractivity contribution in [2.24, 2.45) is 5.41 Å². The maximum atomic E-state index is 9.09. The molecule has 0 aliphatic rings. The summed E-state index contributed by atoms with van der Waals surface area (Å²) in [5.74, 6) is 0. The molecule has 0 aromatic heterocycles. The molecule has 0 bridgehead atoms. The predicted molar refractivity (Wildman–Crippen MR) is 65.2 cm³/mol. The number of hydrogen-bond acceptors (Lipinski definition) is 3. The Morgan fingerprint density at radius 1 is 1.47 bits per heavy atom. The van der Waals surface area contributed by atoms with Crippen molar-refractivity contribution >= 4 is 23.0 Å². The van der Waals surface area contributed by atoms with Crippen molar-refractivity contribution in [3.05, 3.63) is 23.2 Å². The molecule has 0 atom stereocenters. The van der Waals surface area contributed by atoms with Gasteiger partial charge in [0.1, 0.15) is 0 Å². The number of nitrogen functional groups attached to an aromatic ring is 1. The van der Waals surface area contributed by atoms with Crippen LogP contribution in [0.15, 0.2) is 18.2 Å². The van der Waals surface area contributed by atoms with E-state index in [1.54, 1.807) is 12.1 Å². The number of nitrogens with two attached hydrogens (primary N) is 1. The summed E-state index contributed by atoms with van der Waals surface area (Å²) in [6, 6.07) is 5.33. The van der Waals surface area contributed by atoms with Crippen LogP contribution in [0, 0.1) is 5.41 Å². The quantitative estimate of drug-likeness (QED) is 0.694. The maximum absolute atomic E-state index is 9.09. The molecule has 0 amide bonds. The van der Waals surface area contributed by atoms with E-state index in [0.29, 0.717) is 17.3 Å². The van der Waals surface area contributed by atoms with Crippen molar-refractivity contribution in [3.8, 4) is 0 Å². The van der Waals surface area contributed by atoms with Crippen molar-refractivity contribution in [2.45, 2.75) is 13.8 Å². The number of halogens is 1. The van der Waals surface area contributed by atoms with E-state index in [9.17, 15) is 0 Å². The van der Waals surface area contributed by atoms with Gasteiger partial charge in [0.2, 0.25) is 0 Å². The van der Waals surface area contributed by atoms with E-state index in [2.05, 4.69) is 5.32 Å². The number of hydrogen-bond donors (Lipinski definition) is 3. The van der Waals surface area contributed by atoms with Gasteiger partial charge in [-0.15, -0.1) is 0 Å². The largest absolute Gasteiger partial charge is 0.397 e. The molecular formula is C11H17ClN2O. The SMILES string of the molecule is CC(C)(CO)CNc1ccc(Cl)cc1N. The molecule has 1 aromatic carbocycles. The van der Waals surface area contributed by atoms with Crippen molar-refractivity contribution < 1.29 is 5.11 Å². The maximum Gasteiger partial charge on any atom is 0.0575 e. The molecule has 15 heavy (non-hydrogen) atoms. The third kappa shape index (κ3) is 3.61. The van der Waals surface area contributed by atoms with Crippen LogP contribution in [-0.2, 0) is 0 Å². The normalized spacial score (nSPS) is 11.5. The second kappa shape index (κ2) is 4.73. The van der Waals surface area contributed by atoms with Crippen LogP contribution in [0.25, 0.3) is 0 Å². The minimum absolute atomic E-state index is 0.132. The molecule has 84 valence electrons. The van der Waals surface area contributed by atoms with Gasteiger partial charge in [0.05, 0.1) is 11.4 Å². The summed E-state index contributed by atoms with van der Waals surface area (Å²) < 4.78 is 0. The first-order valence-electron chi connectivity index (χ1n) is 4.84. The second-order valence-corrected chi connectivity index (χ2v) is 4.84. The number of aliphatic hydroxyl groups excluding tert-OH is 1. The first kappa shape index (κ1) is 12.1. The van der Waals surface area contributed by atoms with Crippen LogP contribution in [0.3, 0.4) is 0 Å². The van der Waals surface area contributed by atoms with Crippen LogP contribution in [-0.4, -0.2) is 18.3 Å². The Labute approximate surface area is 95.2 Å². The van der Waals surface area contributed by atoms with Gasteiger partial charge in [-0.2, -0.15) is 0 Å². The summed E-state index contributed by atoms with van der Waals surface area (Å²) in [6.45, 7) is 4.75. The summed E-state index contributed by atoms with van der Waals surface area (Å²) in [4.78, 5) is 0. The minimum Gasteiger partial charge on any atom is -0.397 e. The van der Waals surface area contributed by atoms with E-state index in [1.165, 1.54) is 0 Å². The fourth-order valence-corrected chi connectivity index (χ4v) is 1.27. The highest BCUT2D eigenvalue weighted by molar-refractivity contribution is 6.31. The lowest BCUT2D eigenvalue weighted by atomic mass is 9.95. The van der Waals surface area contributed by atoms with Gasteiger partial charge in [-0.25, -0.2) is 0 Å². The zero-order valence-corrected chi connectivity index (χ0v) is 9.80. The van der Waals surface area contributed by atoms with Gasteiger partial charge >= 0.3 is 0 Å². The third-order valence-corrected chi connectivity index (χ3v) is 2.43. The molecule has 0 aliphatic heterocycles. The lowest BCUT2D eigenvalue weighted by molar-refractivity contribution is 0.171. The Hall–Kier alpha value is -0.930. The Kier molecular flexibility index (Phi) is 3.83. The predicted octanol–water partition coefficient (Wildman–Crippen LogP) is 2.35. The van der Waals surface area contributed by atoms with Gasteiger partial charge in [-0.05, 0) is 18.2 Å². The molecule has 4 N–H and O–H groups in total. The number of nitrogens with one attached hydrogen (secondary N) is 1. The topological polar surface area (TPSA) is 58.3 Å². The van der Waals surface area contributed by atoms with E-state index in [4.69, 9.17) is 22.4 Å². The van der Waals surface area contributed by atoms with Gasteiger partial charge < -0.3 is 16.2 Å². The van der Waals surface area contributed by atoms with Crippen molar-refractivity contribution in [1.29, 1.82) is 0 Å². The highest BCUT2D eigenvalue weighted by Crippen LogP contribution is 2.24.